The Morgan fingerprint density at radius 3 is 2.76 bits per heavy atom. The third kappa shape index (κ3) is 1.93. The number of hydrogen-bond donors (Lipinski definition) is 0. The number of aromatic nitrogens is 2. The van der Waals surface area contributed by atoms with Crippen molar-refractivity contribution >= 4 is 5.71 Å². The molecule has 0 radical (unpaired) electrons. The first-order valence-corrected chi connectivity index (χ1v) is 5.35. The van der Waals surface area contributed by atoms with E-state index in [4.69, 9.17) is 0 Å². The Balaban J connectivity index is 1.92. The van der Waals surface area contributed by atoms with Gasteiger partial charge in [-0.2, -0.15) is 0 Å². The molecule has 0 N–H and O–H groups in total. The maximum atomic E-state index is 4.37. The van der Waals surface area contributed by atoms with E-state index in [2.05, 4.69) is 26.8 Å². The Kier molecular flexibility index (Phi) is 2.40. The number of nitrogens with zero attached hydrogens (tertiary/aromatic N) is 3. The van der Waals surface area contributed by atoms with Crippen molar-refractivity contribution in [3.05, 3.63) is 59.7 Å². The van der Waals surface area contributed by atoms with Gasteiger partial charge >= 0.3 is 0 Å². The number of rotatable bonds is 0. The van der Waals surface area contributed by atoms with Crippen molar-refractivity contribution in [3.8, 4) is 11.8 Å². The van der Waals surface area contributed by atoms with Crippen molar-refractivity contribution in [1.82, 2.24) is 9.97 Å². The largest absolute Gasteiger partial charge is 0.269 e. The topological polar surface area (TPSA) is 38.1 Å². The van der Waals surface area contributed by atoms with Crippen LogP contribution in [0.25, 0.3) is 0 Å². The van der Waals surface area contributed by atoms with Crippen molar-refractivity contribution in [1.29, 1.82) is 0 Å². The van der Waals surface area contributed by atoms with Crippen LogP contribution >= 0.6 is 0 Å². The average molecular weight is 219 g/mol. The van der Waals surface area contributed by atoms with Crippen LogP contribution in [0.4, 0.5) is 0 Å². The van der Waals surface area contributed by atoms with Crippen LogP contribution in [0, 0.1) is 11.8 Å². The summed E-state index contributed by atoms with van der Waals surface area (Å²) >= 11 is 0. The van der Waals surface area contributed by atoms with Gasteiger partial charge in [-0.15, -0.1) is 0 Å². The molecule has 2 aromatic heterocycles. The molecular formula is C14H9N3. The maximum absolute atomic E-state index is 4.37. The molecule has 17 heavy (non-hydrogen) atoms. The van der Waals surface area contributed by atoms with Gasteiger partial charge in [-0.3, -0.25) is 9.98 Å². The fourth-order valence-electron chi connectivity index (χ4n) is 1.69. The highest BCUT2D eigenvalue weighted by Gasteiger charge is 2.13. The molecule has 0 aromatic carbocycles. The zero-order valence-electron chi connectivity index (χ0n) is 9.09. The highest BCUT2D eigenvalue weighted by molar-refractivity contribution is 6.15. The van der Waals surface area contributed by atoms with Crippen molar-refractivity contribution in [2.45, 2.75) is 6.54 Å². The van der Waals surface area contributed by atoms with Crippen LogP contribution in [0.1, 0.15) is 17.0 Å². The van der Waals surface area contributed by atoms with E-state index in [1.165, 1.54) is 0 Å². The van der Waals surface area contributed by atoms with Gasteiger partial charge in [0, 0.05) is 18.0 Å². The lowest BCUT2D eigenvalue weighted by Gasteiger charge is -1.94. The molecule has 0 aliphatic carbocycles. The second-order valence-corrected chi connectivity index (χ2v) is 3.63. The molecule has 0 saturated carbocycles. The summed E-state index contributed by atoms with van der Waals surface area (Å²) in [5.41, 5.74) is 3.60. The fourth-order valence-corrected chi connectivity index (χ4v) is 1.69. The zero-order chi connectivity index (χ0) is 11.5. The normalized spacial score (nSPS) is 12.4. The third-order valence-electron chi connectivity index (χ3n) is 2.51. The van der Waals surface area contributed by atoms with Crippen molar-refractivity contribution in [2.75, 3.05) is 0 Å². The standard InChI is InChI=1S/C14H9N3/c1-2-8-15-11(4-1)6-7-13-12-5-3-9-16-14(12)10-17-13/h1-5,8-9H,10H2. The predicted molar refractivity (Wildman–Crippen MR) is 65.6 cm³/mol. The van der Waals surface area contributed by atoms with E-state index in [1.54, 1.807) is 12.4 Å². The Bertz CT molecular complexity index is 633. The van der Waals surface area contributed by atoms with Crippen LogP contribution in [0.5, 0.6) is 0 Å². The summed E-state index contributed by atoms with van der Waals surface area (Å²) in [6.07, 6.45) is 3.51. The van der Waals surface area contributed by atoms with Gasteiger partial charge in [-0.05, 0) is 36.1 Å². The molecule has 3 heteroatoms. The Labute approximate surface area is 99.3 Å². The average Bonchev–Trinajstić information content (AvgIpc) is 2.81. The SMILES string of the molecule is C(#Cc1ccccn1)C1=NCc2ncccc21. The second kappa shape index (κ2) is 4.18. The molecule has 3 rings (SSSR count). The molecule has 0 spiro atoms. The molecule has 3 heterocycles. The minimum atomic E-state index is 0.627. The van der Waals surface area contributed by atoms with Gasteiger partial charge < -0.3 is 0 Å². The van der Waals surface area contributed by atoms with Crippen LogP contribution < -0.4 is 0 Å². The quantitative estimate of drug-likeness (QED) is 0.634. The van der Waals surface area contributed by atoms with Crippen LogP contribution in [0.15, 0.2) is 47.7 Å². The molecule has 2 aromatic rings. The summed E-state index contributed by atoms with van der Waals surface area (Å²) in [4.78, 5) is 12.8. The number of fused-ring (bicyclic) bond motifs is 1. The van der Waals surface area contributed by atoms with Crippen molar-refractivity contribution in [3.63, 3.8) is 0 Å². The summed E-state index contributed by atoms with van der Waals surface area (Å²) < 4.78 is 0. The van der Waals surface area contributed by atoms with Gasteiger partial charge in [0.05, 0.1) is 12.2 Å². The summed E-state index contributed by atoms with van der Waals surface area (Å²) in [7, 11) is 0. The Hall–Kier alpha value is -2.47. The summed E-state index contributed by atoms with van der Waals surface area (Å²) in [6, 6.07) is 9.58. The molecule has 0 unspecified atom stereocenters. The van der Waals surface area contributed by atoms with Crippen LogP contribution in [-0.4, -0.2) is 15.7 Å². The van der Waals surface area contributed by atoms with E-state index in [-0.39, 0.29) is 0 Å². The lowest BCUT2D eigenvalue weighted by molar-refractivity contribution is 1.02. The second-order valence-electron chi connectivity index (χ2n) is 3.63. The van der Waals surface area contributed by atoms with Gasteiger partial charge in [0.15, 0.2) is 0 Å². The first-order valence-electron chi connectivity index (χ1n) is 5.35. The Morgan fingerprint density at radius 1 is 0.941 bits per heavy atom. The lowest BCUT2D eigenvalue weighted by atomic mass is 10.1. The first kappa shape index (κ1) is 9.73. The zero-order valence-corrected chi connectivity index (χ0v) is 9.09. The fraction of sp³-hybridized carbons (Fsp3) is 0.0714. The van der Waals surface area contributed by atoms with Crippen molar-refractivity contribution in [2.24, 2.45) is 4.99 Å². The molecule has 1 aliphatic rings. The minimum Gasteiger partial charge on any atom is -0.269 e. The molecule has 1 aliphatic heterocycles. The lowest BCUT2D eigenvalue weighted by Crippen LogP contribution is -1.96. The predicted octanol–water partition coefficient (Wildman–Crippen LogP) is 1.83. The molecule has 0 saturated heterocycles. The van der Waals surface area contributed by atoms with Gasteiger partial charge in [0.1, 0.15) is 11.4 Å². The maximum Gasteiger partial charge on any atom is 0.117 e. The molecule has 0 bridgehead atoms. The Morgan fingerprint density at radius 2 is 1.88 bits per heavy atom. The van der Waals surface area contributed by atoms with Gasteiger partial charge in [-0.1, -0.05) is 6.07 Å². The molecule has 0 atom stereocenters. The summed E-state index contributed by atoms with van der Waals surface area (Å²) in [6.45, 7) is 0.627. The monoisotopic (exact) mass is 219 g/mol. The molecule has 80 valence electrons. The number of aliphatic imine (C=N–C) groups is 1. The van der Waals surface area contributed by atoms with Gasteiger partial charge in [0.25, 0.3) is 0 Å². The van der Waals surface area contributed by atoms with Crippen LogP contribution in [0.2, 0.25) is 0 Å². The summed E-state index contributed by atoms with van der Waals surface area (Å²) in [5, 5.41) is 0. The van der Waals surface area contributed by atoms with E-state index >= 15 is 0 Å². The molecule has 3 nitrogen and oxygen atoms in total. The third-order valence-corrected chi connectivity index (χ3v) is 2.51. The highest BCUT2D eigenvalue weighted by Crippen LogP contribution is 2.15. The smallest absolute Gasteiger partial charge is 0.117 e. The molecule has 0 amide bonds. The van der Waals surface area contributed by atoms with E-state index in [1.807, 2.05) is 30.3 Å². The van der Waals surface area contributed by atoms with Crippen LogP contribution in [-0.2, 0) is 6.54 Å². The number of hydrogen-bond acceptors (Lipinski definition) is 3. The summed E-state index contributed by atoms with van der Waals surface area (Å²) in [5.74, 6) is 6.06. The van der Waals surface area contributed by atoms with E-state index in [0.717, 1.165) is 22.7 Å². The molecule has 0 fully saturated rings. The molecular weight excluding hydrogens is 210 g/mol. The van der Waals surface area contributed by atoms with E-state index < -0.39 is 0 Å². The van der Waals surface area contributed by atoms with E-state index in [9.17, 15) is 0 Å². The first-order chi connectivity index (χ1) is 8.43. The minimum absolute atomic E-state index is 0.627. The van der Waals surface area contributed by atoms with Gasteiger partial charge in [-0.25, -0.2) is 4.98 Å². The van der Waals surface area contributed by atoms with Crippen molar-refractivity contribution < 1.29 is 0 Å². The van der Waals surface area contributed by atoms with E-state index in [0.29, 0.717) is 6.54 Å². The number of pyridine rings is 2. The van der Waals surface area contributed by atoms with Crippen LogP contribution in [0.3, 0.4) is 0 Å². The van der Waals surface area contributed by atoms with Gasteiger partial charge in [0.2, 0.25) is 0 Å². The highest BCUT2D eigenvalue weighted by atomic mass is 14.8.